The molecule has 2 aliphatic rings. The van der Waals surface area contributed by atoms with Crippen LogP contribution in [0.4, 0.5) is 8.78 Å². The van der Waals surface area contributed by atoms with E-state index < -0.39 is 23.6 Å². The third kappa shape index (κ3) is 4.43. The predicted molar refractivity (Wildman–Crippen MR) is 119 cm³/mol. The lowest BCUT2D eigenvalue weighted by atomic mass is 10.1. The predicted octanol–water partition coefficient (Wildman–Crippen LogP) is 3.49. The van der Waals surface area contributed by atoms with Crippen molar-refractivity contribution in [3.8, 4) is 11.5 Å². The highest BCUT2D eigenvalue weighted by molar-refractivity contribution is 6.31. The lowest BCUT2D eigenvalue weighted by Crippen LogP contribution is -2.30. The summed E-state index contributed by atoms with van der Waals surface area (Å²) < 4.78 is 40.2. The van der Waals surface area contributed by atoms with Crippen LogP contribution in [0.1, 0.15) is 40.5 Å². The van der Waals surface area contributed by atoms with Crippen LogP contribution in [0.2, 0.25) is 5.02 Å². The molecule has 1 aromatic heterocycles. The van der Waals surface area contributed by atoms with Gasteiger partial charge in [-0.15, -0.1) is 10.2 Å². The van der Waals surface area contributed by atoms with Gasteiger partial charge in [0.05, 0.1) is 11.6 Å². The van der Waals surface area contributed by atoms with E-state index in [1.54, 1.807) is 13.0 Å². The molecule has 0 saturated carbocycles. The summed E-state index contributed by atoms with van der Waals surface area (Å²) in [6.07, 6.45) is 0.661. The van der Waals surface area contributed by atoms with Crippen LogP contribution < -0.4 is 14.8 Å². The fraction of sp³-hybridized carbons (Fsp3) is 0.348. The molecule has 0 spiro atoms. The van der Waals surface area contributed by atoms with Crippen molar-refractivity contribution in [2.24, 2.45) is 0 Å². The van der Waals surface area contributed by atoms with Crippen LogP contribution in [-0.4, -0.2) is 45.5 Å². The zero-order valence-electron chi connectivity index (χ0n) is 18.4. The molecule has 1 amide bonds. The number of fused-ring (bicyclic) bond motifs is 2. The summed E-state index contributed by atoms with van der Waals surface area (Å²) in [6, 6.07) is 5.91. The van der Waals surface area contributed by atoms with E-state index in [1.165, 1.54) is 0 Å². The highest BCUT2D eigenvalue weighted by atomic mass is 35.5. The number of hydrogen-bond donors (Lipinski definition) is 1. The van der Waals surface area contributed by atoms with Crippen LogP contribution in [-0.2, 0) is 19.5 Å². The summed E-state index contributed by atoms with van der Waals surface area (Å²) in [5.74, 6) is 0.509. The van der Waals surface area contributed by atoms with Crippen molar-refractivity contribution in [2.45, 2.75) is 32.5 Å². The minimum atomic E-state index is -0.788. The Hall–Kier alpha value is -3.24. The number of carbonyl (C=O) groups excluding carboxylic acids is 1. The second kappa shape index (κ2) is 9.19. The van der Waals surface area contributed by atoms with Crippen molar-refractivity contribution < 1.29 is 23.0 Å². The van der Waals surface area contributed by atoms with Crippen LogP contribution in [0.3, 0.4) is 0 Å². The average molecular weight is 490 g/mol. The molecule has 0 bridgehead atoms. The Morgan fingerprint density at radius 2 is 1.94 bits per heavy atom. The van der Waals surface area contributed by atoms with Gasteiger partial charge >= 0.3 is 0 Å². The number of nitrogens with zero attached hydrogens (tertiary/aromatic N) is 4. The Balaban J connectivity index is 1.27. The van der Waals surface area contributed by atoms with Crippen molar-refractivity contribution in [3.05, 3.63) is 69.8 Å². The van der Waals surface area contributed by atoms with Gasteiger partial charge in [0.2, 0.25) is 6.79 Å². The van der Waals surface area contributed by atoms with E-state index in [-0.39, 0.29) is 12.4 Å². The molecule has 11 heteroatoms. The van der Waals surface area contributed by atoms with E-state index in [0.717, 1.165) is 36.1 Å². The molecule has 1 atom stereocenters. The van der Waals surface area contributed by atoms with Gasteiger partial charge in [0.25, 0.3) is 5.91 Å². The molecule has 3 heterocycles. The minimum absolute atomic E-state index is 0.191. The van der Waals surface area contributed by atoms with Crippen LogP contribution in [0.15, 0.2) is 30.3 Å². The Labute approximate surface area is 199 Å². The highest BCUT2D eigenvalue weighted by Crippen LogP contribution is 2.37. The van der Waals surface area contributed by atoms with Crippen LogP contribution in [0.5, 0.6) is 11.5 Å². The molecule has 0 radical (unpaired) electrons. The summed E-state index contributed by atoms with van der Waals surface area (Å²) in [4.78, 5) is 14.8. The third-order valence-corrected chi connectivity index (χ3v) is 6.34. The highest BCUT2D eigenvalue weighted by Gasteiger charge is 2.25. The van der Waals surface area contributed by atoms with E-state index >= 15 is 0 Å². The molecule has 0 aliphatic carbocycles. The van der Waals surface area contributed by atoms with Gasteiger partial charge in [-0.3, -0.25) is 9.69 Å². The number of rotatable bonds is 5. The van der Waals surface area contributed by atoms with E-state index in [1.807, 2.05) is 10.6 Å². The van der Waals surface area contributed by atoms with Crippen molar-refractivity contribution in [1.29, 1.82) is 0 Å². The van der Waals surface area contributed by atoms with Crippen molar-refractivity contribution in [1.82, 2.24) is 25.0 Å². The molecule has 34 heavy (non-hydrogen) atoms. The zero-order chi connectivity index (χ0) is 23.8. The Morgan fingerprint density at radius 3 is 2.76 bits per heavy atom. The standard InChI is InChI=1S/C23H22ClF2N5O3/c1-13(27-23(32)16-9-15(25)2-3-18(16)26)22-29-28-21-4-5-30(6-7-31(21)22)11-14-8-19-20(10-17(14)24)34-12-33-19/h2-3,8-10,13H,4-7,11-12H2,1H3,(H,27,32)/t13-/m1/s1. The SMILES string of the molecule is C[C@@H](NC(=O)c1cc(F)ccc1F)c1nnc2n1CCN(Cc1cc3c(cc1Cl)OCO3)CC2. The maximum atomic E-state index is 14.0. The monoisotopic (exact) mass is 489 g/mol. The molecule has 2 aliphatic heterocycles. The van der Waals surface area contributed by atoms with E-state index in [9.17, 15) is 13.6 Å². The molecule has 0 fully saturated rings. The lowest BCUT2D eigenvalue weighted by Gasteiger charge is -2.21. The summed E-state index contributed by atoms with van der Waals surface area (Å²) in [7, 11) is 0. The van der Waals surface area contributed by atoms with Gasteiger partial charge < -0.3 is 19.4 Å². The van der Waals surface area contributed by atoms with Crippen LogP contribution in [0.25, 0.3) is 0 Å². The van der Waals surface area contributed by atoms with Gasteiger partial charge in [0.1, 0.15) is 17.5 Å². The fourth-order valence-corrected chi connectivity index (χ4v) is 4.41. The van der Waals surface area contributed by atoms with Gasteiger partial charge in [-0.1, -0.05) is 11.6 Å². The molecule has 2 aromatic carbocycles. The van der Waals surface area contributed by atoms with Crippen LogP contribution in [0, 0.1) is 11.6 Å². The molecule has 178 valence electrons. The minimum Gasteiger partial charge on any atom is -0.454 e. The first-order valence-corrected chi connectivity index (χ1v) is 11.2. The van der Waals surface area contributed by atoms with Gasteiger partial charge in [-0.25, -0.2) is 8.78 Å². The largest absolute Gasteiger partial charge is 0.454 e. The van der Waals surface area contributed by atoms with Gasteiger partial charge in [0.15, 0.2) is 17.3 Å². The summed E-state index contributed by atoms with van der Waals surface area (Å²) in [6.45, 7) is 4.63. The molecule has 8 nitrogen and oxygen atoms in total. The first-order chi connectivity index (χ1) is 16.4. The number of nitrogens with one attached hydrogen (secondary N) is 1. The number of carbonyl (C=O) groups is 1. The first kappa shape index (κ1) is 22.5. The number of ether oxygens (including phenoxy) is 2. The Bertz CT molecular complexity index is 1250. The maximum Gasteiger partial charge on any atom is 0.254 e. The summed E-state index contributed by atoms with van der Waals surface area (Å²) >= 11 is 6.44. The first-order valence-electron chi connectivity index (χ1n) is 10.9. The normalized spacial score (nSPS) is 16.1. The molecule has 0 unspecified atom stereocenters. The summed E-state index contributed by atoms with van der Waals surface area (Å²) in [5, 5.41) is 11.9. The third-order valence-electron chi connectivity index (χ3n) is 5.99. The Kier molecular flexibility index (Phi) is 6.09. The Morgan fingerprint density at radius 1 is 1.15 bits per heavy atom. The number of aromatic nitrogens is 3. The van der Waals surface area contributed by atoms with Gasteiger partial charge in [0, 0.05) is 43.7 Å². The number of amides is 1. The van der Waals surface area contributed by atoms with Crippen molar-refractivity contribution in [2.75, 3.05) is 19.9 Å². The van der Waals surface area contributed by atoms with Gasteiger partial charge in [-0.2, -0.15) is 0 Å². The van der Waals surface area contributed by atoms with Crippen molar-refractivity contribution >= 4 is 17.5 Å². The lowest BCUT2D eigenvalue weighted by molar-refractivity contribution is 0.0932. The average Bonchev–Trinajstić information content (AvgIpc) is 3.38. The summed E-state index contributed by atoms with van der Waals surface area (Å²) in [5.41, 5.74) is 0.593. The molecule has 3 aromatic rings. The van der Waals surface area contributed by atoms with Gasteiger partial charge in [-0.05, 0) is 36.8 Å². The van der Waals surface area contributed by atoms with Crippen molar-refractivity contribution in [3.63, 3.8) is 0 Å². The van der Waals surface area contributed by atoms with E-state index in [0.29, 0.717) is 48.4 Å². The molecule has 5 rings (SSSR count). The smallest absolute Gasteiger partial charge is 0.254 e. The second-order valence-electron chi connectivity index (χ2n) is 8.27. The molecule has 0 saturated heterocycles. The van der Waals surface area contributed by atoms with Crippen LogP contribution >= 0.6 is 11.6 Å². The number of benzene rings is 2. The number of hydrogen-bond acceptors (Lipinski definition) is 6. The maximum absolute atomic E-state index is 14.0. The molecule has 1 N–H and O–H groups in total. The molecular formula is C23H22ClF2N5O3. The quantitative estimate of drug-likeness (QED) is 0.591. The zero-order valence-corrected chi connectivity index (χ0v) is 19.1. The molecular weight excluding hydrogens is 468 g/mol. The topological polar surface area (TPSA) is 81.5 Å². The van der Waals surface area contributed by atoms with E-state index in [4.69, 9.17) is 21.1 Å². The van der Waals surface area contributed by atoms with E-state index in [2.05, 4.69) is 20.4 Å². The fourth-order valence-electron chi connectivity index (χ4n) is 4.20. The second-order valence-corrected chi connectivity index (χ2v) is 8.68. The number of halogens is 3.